The van der Waals surface area contributed by atoms with Gasteiger partial charge in [-0.3, -0.25) is 14.7 Å². The van der Waals surface area contributed by atoms with Gasteiger partial charge in [0.2, 0.25) is 5.91 Å². The molecule has 0 unspecified atom stereocenters. The monoisotopic (exact) mass is 344 g/mol. The van der Waals surface area contributed by atoms with Gasteiger partial charge in [-0.15, -0.1) is 0 Å². The SMILES string of the molecule is CCCC(=O)Nc1ccc(NC(=O)c2cc(C(C)C)[nH]n2)cc1OC. The lowest BCUT2D eigenvalue weighted by atomic mass is 10.1. The van der Waals surface area contributed by atoms with Crippen molar-refractivity contribution in [3.05, 3.63) is 35.7 Å². The van der Waals surface area contributed by atoms with E-state index < -0.39 is 0 Å². The first-order valence-corrected chi connectivity index (χ1v) is 8.29. The molecule has 25 heavy (non-hydrogen) atoms. The maximum absolute atomic E-state index is 12.3. The zero-order chi connectivity index (χ0) is 18.4. The van der Waals surface area contributed by atoms with Gasteiger partial charge in [-0.05, 0) is 30.5 Å². The van der Waals surface area contributed by atoms with Crippen LogP contribution in [0.3, 0.4) is 0 Å². The molecule has 2 aromatic rings. The molecule has 0 aliphatic heterocycles. The van der Waals surface area contributed by atoms with Crippen molar-refractivity contribution in [2.75, 3.05) is 17.7 Å². The zero-order valence-electron chi connectivity index (χ0n) is 15.0. The number of aromatic amines is 1. The van der Waals surface area contributed by atoms with E-state index in [0.29, 0.717) is 29.2 Å². The number of hydrogen-bond acceptors (Lipinski definition) is 4. The van der Waals surface area contributed by atoms with Crippen LogP contribution in [0.15, 0.2) is 24.3 Å². The molecule has 1 aromatic heterocycles. The number of carbonyl (C=O) groups excluding carboxylic acids is 2. The second-order valence-corrected chi connectivity index (χ2v) is 6.03. The molecule has 0 bridgehead atoms. The predicted octanol–water partition coefficient (Wildman–Crippen LogP) is 3.53. The second-order valence-electron chi connectivity index (χ2n) is 6.03. The van der Waals surface area contributed by atoms with E-state index in [2.05, 4.69) is 20.8 Å². The van der Waals surface area contributed by atoms with E-state index >= 15 is 0 Å². The number of nitrogens with one attached hydrogen (secondary N) is 3. The van der Waals surface area contributed by atoms with Crippen molar-refractivity contribution in [3.63, 3.8) is 0 Å². The fourth-order valence-electron chi connectivity index (χ4n) is 2.26. The Morgan fingerprint density at radius 2 is 2.00 bits per heavy atom. The van der Waals surface area contributed by atoms with Crippen LogP contribution in [0.2, 0.25) is 0 Å². The standard InChI is InChI=1S/C18H24N4O3/c1-5-6-17(23)20-13-8-7-12(9-16(13)25-4)19-18(24)15-10-14(11(2)3)21-22-15/h7-11H,5-6H2,1-4H3,(H,19,24)(H,20,23)(H,21,22). The van der Waals surface area contributed by atoms with Crippen molar-refractivity contribution in [3.8, 4) is 5.75 Å². The van der Waals surface area contributed by atoms with E-state index in [4.69, 9.17) is 4.74 Å². The zero-order valence-corrected chi connectivity index (χ0v) is 15.0. The molecule has 0 aliphatic carbocycles. The van der Waals surface area contributed by atoms with Gasteiger partial charge < -0.3 is 15.4 Å². The van der Waals surface area contributed by atoms with Crippen LogP contribution in [0.25, 0.3) is 0 Å². The third kappa shape index (κ3) is 4.82. The van der Waals surface area contributed by atoms with Crippen molar-refractivity contribution in [1.82, 2.24) is 10.2 Å². The summed E-state index contributed by atoms with van der Waals surface area (Å²) in [6.07, 6.45) is 1.21. The van der Waals surface area contributed by atoms with Gasteiger partial charge in [0.25, 0.3) is 5.91 Å². The van der Waals surface area contributed by atoms with Gasteiger partial charge in [-0.1, -0.05) is 20.8 Å². The van der Waals surface area contributed by atoms with Crippen molar-refractivity contribution in [2.24, 2.45) is 0 Å². The van der Waals surface area contributed by atoms with E-state index in [1.807, 2.05) is 20.8 Å². The van der Waals surface area contributed by atoms with Crippen LogP contribution in [0, 0.1) is 0 Å². The summed E-state index contributed by atoms with van der Waals surface area (Å²) in [4.78, 5) is 24.0. The average molecular weight is 344 g/mol. The number of benzene rings is 1. The van der Waals surface area contributed by atoms with Crippen LogP contribution in [-0.2, 0) is 4.79 Å². The summed E-state index contributed by atoms with van der Waals surface area (Å²) in [7, 11) is 1.51. The first-order valence-electron chi connectivity index (χ1n) is 8.29. The highest BCUT2D eigenvalue weighted by Gasteiger charge is 2.14. The van der Waals surface area contributed by atoms with Crippen LogP contribution in [0.4, 0.5) is 11.4 Å². The Morgan fingerprint density at radius 3 is 2.60 bits per heavy atom. The highest BCUT2D eigenvalue weighted by molar-refractivity contribution is 6.03. The lowest BCUT2D eigenvalue weighted by molar-refractivity contribution is -0.116. The Bertz CT molecular complexity index is 753. The highest BCUT2D eigenvalue weighted by atomic mass is 16.5. The van der Waals surface area contributed by atoms with Crippen molar-refractivity contribution < 1.29 is 14.3 Å². The van der Waals surface area contributed by atoms with Gasteiger partial charge in [0.1, 0.15) is 5.75 Å². The van der Waals surface area contributed by atoms with E-state index in [1.165, 1.54) is 7.11 Å². The molecule has 1 aromatic carbocycles. The highest BCUT2D eigenvalue weighted by Crippen LogP contribution is 2.28. The number of methoxy groups -OCH3 is 1. The maximum atomic E-state index is 12.3. The topological polar surface area (TPSA) is 96.1 Å². The molecule has 7 heteroatoms. The quantitative estimate of drug-likeness (QED) is 0.716. The number of anilines is 2. The van der Waals surface area contributed by atoms with E-state index in [1.54, 1.807) is 24.3 Å². The largest absolute Gasteiger partial charge is 0.494 e. The molecule has 134 valence electrons. The van der Waals surface area contributed by atoms with Gasteiger partial charge in [0.05, 0.1) is 12.8 Å². The third-order valence-electron chi connectivity index (χ3n) is 3.66. The molecular formula is C18H24N4O3. The Kier molecular flexibility index (Phi) is 6.16. The normalized spacial score (nSPS) is 10.6. The lowest BCUT2D eigenvalue weighted by Crippen LogP contribution is -2.14. The third-order valence-corrected chi connectivity index (χ3v) is 3.66. The number of amides is 2. The molecule has 0 aliphatic rings. The van der Waals surface area contributed by atoms with E-state index in [9.17, 15) is 9.59 Å². The first-order chi connectivity index (χ1) is 11.9. The number of rotatable bonds is 7. The fourth-order valence-corrected chi connectivity index (χ4v) is 2.26. The smallest absolute Gasteiger partial charge is 0.276 e. The molecule has 3 N–H and O–H groups in total. The van der Waals surface area contributed by atoms with Crippen molar-refractivity contribution in [2.45, 2.75) is 39.5 Å². The molecular weight excluding hydrogens is 320 g/mol. The Morgan fingerprint density at radius 1 is 1.24 bits per heavy atom. The number of aromatic nitrogens is 2. The Hall–Kier alpha value is -2.83. The first kappa shape index (κ1) is 18.5. The number of hydrogen-bond donors (Lipinski definition) is 3. The van der Waals surface area contributed by atoms with Crippen LogP contribution in [0.1, 0.15) is 55.7 Å². The predicted molar refractivity (Wildman–Crippen MR) is 97.2 cm³/mol. The molecule has 0 radical (unpaired) electrons. The minimum Gasteiger partial charge on any atom is -0.494 e. The fraction of sp³-hybridized carbons (Fsp3) is 0.389. The number of nitrogens with zero attached hydrogens (tertiary/aromatic N) is 1. The molecule has 0 spiro atoms. The number of H-pyrrole nitrogens is 1. The summed E-state index contributed by atoms with van der Waals surface area (Å²) in [5.74, 6) is 0.357. The van der Waals surface area contributed by atoms with Gasteiger partial charge in [0.15, 0.2) is 5.69 Å². The Balaban J connectivity index is 2.11. The minimum atomic E-state index is -0.312. The van der Waals surface area contributed by atoms with Gasteiger partial charge >= 0.3 is 0 Å². The number of ether oxygens (including phenoxy) is 1. The van der Waals surface area contributed by atoms with Crippen LogP contribution >= 0.6 is 0 Å². The summed E-state index contributed by atoms with van der Waals surface area (Å²) >= 11 is 0. The minimum absolute atomic E-state index is 0.0738. The van der Waals surface area contributed by atoms with Crippen LogP contribution in [-0.4, -0.2) is 29.1 Å². The Labute approximate surface area is 147 Å². The van der Waals surface area contributed by atoms with Gasteiger partial charge in [0, 0.05) is 23.9 Å². The van der Waals surface area contributed by atoms with Gasteiger partial charge in [-0.2, -0.15) is 5.10 Å². The molecule has 7 nitrogen and oxygen atoms in total. The summed E-state index contributed by atoms with van der Waals surface area (Å²) in [5, 5.41) is 12.5. The lowest BCUT2D eigenvalue weighted by Gasteiger charge is -2.12. The van der Waals surface area contributed by atoms with Gasteiger partial charge in [-0.25, -0.2) is 0 Å². The van der Waals surface area contributed by atoms with Crippen molar-refractivity contribution in [1.29, 1.82) is 0 Å². The van der Waals surface area contributed by atoms with Crippen LogP contribution in [0.5, 0.6) is 5.75 Å². The van der Waals surface area contributed by atoms with E-state index in [-0.39, 0.29) is 17.7 Å². The molecule has 0 saturated carbocycles. The maximum Gasteiger partial charge on any atom is 0.276 e. The molecule has 2 amide bonds. The summed E-state index contributed by atoms with van der Waals surface area (Å²) in [5.41, 5.74) is 2.35. The molecule has 0 saturated heterocycles. The molecule has 0 fully saturated rings. The van der Waals surface area contributed by atoms with Crippen LogP contribution < -0.4 is 15.4 Å². The summed E-state index contributed by atoms with van der Waals surface area (Å²) in [6, 6.07) is 6.80. The molecule has 0 atom stereocenters. The second kappa shape index (κ2) is 8.32. The summed E-state index contributed by atoms with van der Waals surface area (Å²) in [6.45, 7) is 5.98. The molecule has 2 rings (SSSR count). The van der Waals surface area contributed by atoms with Crippen molar-refractivity contribution >= 4 is 23.2 Å². The number of carbonyl (C=O) groups is 2. The van der Waals surface area contributed by atoms with E-state index in [0.717, 1.165) is 12.1 Å². The average Bonchev–Trinajstić information content (AvgIpc) is 3.07. The molecule has 1 heterocycles. The summed E-state index contributed by atoms with van der Waals surface area (Å²) < 4.78 is 5.30.